The summed E-state index contributed by atoms with van der Waals surface area (Å²) in [6, 6.07) is 6.61. The quantitative estimate of drug-likeness (QED) is 0.864. The first-order valence-corrected chi connectivity index (χ1v) is 6.73. The van der Waals surface area contributed by atoms with Crippen LogP contribution in [0.3, 0.4) is 0 Å². The lowest BCUT2D eigenvalue weighted by atomic mass is 9.90. The van der Waals surface area contributed by atoms with E-state index in [-0.39, 0.29) is 6.04 Å². The van der Waals surface area contributed by atoms with Crippen molar-refractivity contribution in [2.75, 3.05) is 6.61 Å². The van der Waals surface area contributed by atoms with Gasteiger partial charge in [0, 0.05) is 6.04 Å². The molecule has 0 saturated heterocycles. The lowest BCUT2D eigenvalue weighted by molar-refractivity contribution is 0.288. The van der Waals surface area contributed by atoms with Crippen LogP contribution in [0.5, 0.6) is 5.75 Å². The Morgan fingerprint density at radius 1 is 1.41 bits per heavy atom. The van der Waals surface area contributed by atoms with Gasteiger partial charge < -0.3 is 10.5 Å². The lowest BCUT2D eigenvalue weighted by Gasteiger charge is -2.23. The Morgan fingerprint density at radius 2 is 2.24 bits per heavy atom. The molecular formula is C15H23NO. The van der Waals surface area contributed by atoms with Crippen LogP contribution in [0, 0.1) is 5.92 Å². The number of benzene rings is 1. The standard InChI is InChI=1S/C15H23NO/c1-3-5-11(2)15(16)13-7-8-14-12(10-13)6-4-9-17-14/h7-8,10-11,15H,3-6,9,16H2,1-2H3. The highest BCUT2D eigenvalue weighted by molar-refractivity contribution is 5.39. The smallest absolute Gasteiger partial charge is 0.122 e. The summed E-state index contributed by atoms with van der Waals surface area (Å²) in [5.74, 6) is 1.60. The molecule has 17 heavy (non-hydrogen) atoms. The second kappa shape index (κ2) is 5.54. The van der Waals surface area contributed by atoms with Crippen molar-refractivity contribution in [3.63, 3.8) is 0 Å². The molecule has 1 aromatic carbocycles. The molecule has 0 bridgehead atoms. The van der Waals surface area contributed by atoms with Crippen molar-refractivity contribution in [3.05, 3.63) is 29.3 Å². The first kappa shape index (κ1) is 12.4. The molecule has 0 spiro atoms. The maximum Gasteiger partial charge on any atom is 0.122 e. The maximum atomic E-state index is 6.32. The SMILES string of the molecule is CCCC(C)C(N)c1ccc2c(c1)CCCO2. The average Bonchev–Trinajstić information content (AvgIpc) is 2.37. The van der Waals surface area contributed by atoms with Crippen LogP contribution < -0.4 is 10.5 Å². The van der Waals surface area contributed by atoms with E-state index in [2.05, 4.69) is 32.0 Å². The van der Waals surface area contributed by atoms with Gasteiger partial charge in [-0.2, -0.15) is 0 Å². The minimum atomic E-state index is 0.155. The monoisotopic (exact) mass is 233 g/mol. The number of aryl methyl sites for hydroxylation is 1. The van der Waals surface area contributed by atoms with E-state index in [0.717, 1.165) is 25.2 Å². The molecule has 94 valence electrons. The number of hydrogen-bond acceptors (Lipinski definition) is 2. The van der Waals surface area contributed by atoms with E-state index in [0.29, 0.717) is 5.92 Å². The third kappa shape index (κ3) is 2.81. The van der Waals surface area contributed by atoms with Crippen molar-refractivity contribution in [1.29, 1.82) is 0 Å². The van der Waals surface area contributed by atoms with Gasteiger partial charge in [-0.05, 0) is 42.4 Å². The van der Waals surface area contributed by atoms with E-state index in [1.165, 1.54) is 24.0 Å². The summed E-state index contributed by atoms with van der Waals surface area (Å²) >= 11 is 0. The highest BCUT2D eigenvalue weighted by Gasteiger charge is 2.17. The zero-order valence-corrected chi connectivity index (χ0v) is 10.9. The van der Waals surface area contributed by atoms with Gasteiger partial charge in [-0.15, -0.1) is 0 Å². The fourth-order valence-corrected chi connectivity index (χ4v) is 2.55. The van der Waals surface area contributed by atoms with E-state index >= 15 is 0 Å². The summed E-state index contributed by atoms with van der Waals surface area (Å²) < 4.78 is 5.63. The average molecular weight is 233 g/mol. The van der Waals surface area contributed by atoms with Crippen LogP contribution in [0.25, 0.3) is 0 Å². The second-order valence-electron chi connectivity index (χ2n) is 5.11. The van der Waals surface area contributed by atoms with Gasteiger partial charge in [-0.3, -0.25) is 0 Å². The molecule has 1 aromatic rings. The highest BCUT2D eigenvalue weighted by Crippen LogP contribution is 2.30. The first-order chi connectivity index (χ1) is 8.22. The molecule has 1 aliphatic heterocycles. The number of fused-ring (bicyclic) bond motifs is 1. The predicted octanol–water partition coefficient (Wildman–Crippen LogP) is 3.45. The Hall–Kier alpha value is -1.02. The van der Waals surface area contributed by atoms with Crippen molar-refractivity contribution in [2.24, 2.45) is 11.7 Å². The molecule has 2 unspecified atom stereocenters. The van der Waals surface area contributed by atoms with Crippen molar-refractivity contribution in [1.82, 2.24) is 0 Å². The molecule has 0 fully saturated rings. The first-order valence-electron chi connectivity index (χ1n) is 6.73. The summed E-state index contributed by atoms with van der Waals surface area (Å²) in [5.41, 5.74) is 8.90. The number of ether oxygens (including phenoxy) is 1. The van der Waals surface area contributed by atoms with Crippen LogP contribution in [-0.2, 0) is 6.42 Å². The Bertz CT molecular complexity index is 375. The molecule has 0 saturated carbocycles. The molecule has 2 rings (SSSR count). The third-order valence-corrected chi connectivity index (χ3v) is 3.67. The van der Waals surface area contributed by atoms with E-state index in [9.17, 15) is 0 Å². The van der Waals surface area contributed by atoms with Gasteiger partial charge in [0.25, 0.3) is 0 Å². The molecule has 2 heteroatoms. The molecule has 2 N–H and O–H groups in total. The van der Waals surface area contributed by atoms with Gasteiger partial charge in [0.05, 0.1) is 6.61 Å². The maximum absolute atomic E-state index is 6.32. The summed E-state index contributed by atoms with van der Waals surface area (Å²) in [6.07, 6.45) is 4.63. The van der Waals surface area contributed by atoms with Gasteiger partial charge in [0.1, 0.15) is 5.75 Å². The zero-order chi connectivity index (χ0) is 12.3. The molecule has 0 amide bonds. The van der Waals surface area contributed by atoms with Crippen LogP contribution in [-0.4, -0.2) is 6.61 Å². The summed E-state index contributed by atoms with van der Waals surface area (Å²) in [4.78, 5) is 0. The minimum absolute atomic E-state index is 0.155. The van der Waals surface area contributed by atoms with Crippen molar-refractivity contribution in [3.8, 4) is 5.75 Å². The van der Waals surface area contributed by atoms with Crippen LogP contribution in [0.4, 0.5) is 0 Å². The van der Waals surface area contributed by atoms with Gasteiger partial charge in [0.15, 0.2) is 0 Å². The van der Waals surface area contributed by atoms with Gasteiger partial charge >= 0.3 is 0 Å². The highest BCUT2D eigenvalue weighted by atomic mass is 16.5. The van der Waals surface area contributed by atoms with E-state index in [4.69, 9.17) is 10.5 Å². The van der Waals surface area contributed by atoms with Crippen LogP contribution in [0.1, 0.15) is 50.3 Å². The number of hydrogen-bond donors (Lipinski definition) is 1. The van der Waals surface area contributed by atoms with Crippen molar-refractivity contribution >= 4 is 0 Å². The lowest BCUT2D eigenvalue weighted by Crippen LogP contribution is -2.19. The topological polar surface area (TPSA) is 35.2 Å². The zero-order valence-electron chi connectivity index (χ0n) is 10.9. The van der Waals surface area contributed by atoms with Gasteiger partial charge in [-0.25, -0.2) is 0 Å². The second-order valence-corrected chi connectivity index (χ2v) is 5.11. The molecule has 1 heterocycles. The fraction of sp³-hybridized carbons (Fsp3) is 0.600. The molecule has 2 nitrogen and oxygen atoms in total. The molecule has 0 aliphatic carbocycles. The van der Waals surface area contributed by atoms with Gasteiger partial charge in [0.2, 0.25) is 0 Å². The Morgan fingerprint density at radius 3 is 3.00 bits per heavy atom. The normalized spacial score (nSPS) is 18.1. The molecule has 0 aromatic heterocycles. The number of nitrogens with two attached hydrogens (primary N) is 1. The van der Waals surface area contributed by atoms with Crippen molar-refractivity contribution < 1.29 is 4.74 Å². The molecular weight excluding hydrogens is 210 g/mol. The summed E-state index contributed by atoms with van der Waals surface area (Å²) in [7, 11) is 0. The van der Waals surface area contributed by atoms with Crippen LogP contribution >= 0.6 is 0 Å². The Kier molecular flexibility index (Phi) is 4.06. The molecule has 1 aliphatic rings. The molecule has 2 atom stereocenters. The number of rotatable bonds is 4. The molecule has 0 radical (unpaired) electrons. The summed E-state index contributed by atoms with van der Waals surface area (Å²) in [5, 5.41) is 0. The van der Waals surface area contributed by atoms with E-state index < -0.39 is 0 Å². The largest absolute Gasteiger partial charge is 0.493 e. The van der Waals surface area contributed by atoms with E-state index in [1.54, 1.807) is 0 Å². The minimum Gasteiger partial charge on any atom is -0.493 e. The predicted molar refractivity (Wildman–Crippen MR) is 71.3 cm³/mol. The van der Waals surface area contributed by atoms with Crippen LogP contribution in [0.15, 0.2) is 18.2 Å². The van der Waals surface area contributed by atoms with Crippen LogP contribution in [0.2, 0.25) is 0 Å². The van der Waals surface area contributed by atoms with Gasteiger partial charge in [-0.1, -0.05) is 32.4 Å². The fourth-order valence-electron chi connectivity index (χ4n) is 2.55. The van der Waals surface area contributed by atoms with Crippen molar-refractivity contribution in [2.45, 2.75) is 45.6 Å². The third-order valence-electron chi connectivity index (χ3n) is 3.67. The summed E-state index contributed by atoms with van der Waals surface area (Å²) in [6.45, 7) is 5.30. The Balaban J connectivity index is 2.15. The Labute approximate surface area is 104 Å². The van der Waals surface area contributed by atoms with E-state index in [1.807, 2.05) is 0 Å².